The fourth-order valence-corrected chi connectivity index (χ4v) is 3.74. The number of rotatable bonds is 6. The molecule has 0 unspecified atom stereocenters. The molecule has 1 aliphatic heterocycles. The van der Waals surface area contributed by atoms with Crippen molar-refractivity contribution in [3.05, 3.63) is 77.9 Å². The summed E-state index contributed by atoms with van der Waals surface area (Å²) in [6.07, 6.45) is 3.97. The van der Waals surface area contributed by atoms with Crippen molar-refractivity contribution in [2.24, 2.45) is 4.99 Å². The Morgan fingerprint density at radius 2 is 1.94 bits per heavy atom. The van der Waals surface area contributed by atoms with Crippen molar-refractivity contribution >= 4 is 28.3 Å². The third kappa shape index (κ3) is 4.77. The minimum absolute atomic E-state index is 0.221. The normalized spacial score (nSPS) is 15.2. The fraction of sp³-hybridized carbons (Fsp3) is 0.231. The minimum Gasteiger partial charge on any atom is -0.478 e. The molecule has 0 aliphatic carbocycles. The summed E-state index contributed by atoms with van der Waals surface area (Å²) in [5.74, 6) is 3.03. The molecule has 5 rings (SSSR count). The van der Waals surface area contributed by atoms with E-state index in [0.717, 1.165) is 50.9 Å². The van der Waals surface area contributed by atoms with Crippen LogP contribution in [0, 0.1) is 13.8 Å². The predicted octanol–water partition coefficient (Wildman–Crippen LogP) is 5.54. The van der Waals surface area contributed by atoms with Crippen LogP contribution >= 0.6 is 0 Å². The van der Waals surface area contributed by atoms with Gasteiger partial charge in [-0.25, -0.2) is 15.0 Å². The molecule has 1 aliphatic rings. The molecule has 0 spiro atoms. The van der Waals surface area contributed by atoms with Gasteiger partial charge in [-0.05, 0) is 74.4 Å². The third-order valence-electron chi connectivity index (χ3n) is 5.46. The number of nitrogens with one attached hydrogen (secondary N) is 1. The minimum atomic E-state index is 0.221. The summed E-state index contributed by atoms with van der Waals surface area (Å²) in [7, 11) is 0. The summed E-state index contributed by atoms with van der Waals surface area (Å²) < 4.78 is 11.7. The van der Waals surface area contributed by atoms with Crippen molar-refractivity contribution in [1.29, 1.82) is 0 Å². The molecule has 33 heavy (non-hydrogen) atoms. The number of hydrogen-bond acceptors (Lipinski definition) is 7. The van der Waals surface area contributed by atoms with Gasteiger partial charge in [-0.15, -0.1) is 0 Å². The van der Waals surface area contributed by atoms with Crippen LogP contribution in [0.3, 0.4) is 0 Å². The van der Waals surface area contributed by atoms with Crippen molar-refractivity contribution in [1.82, 2.24) is 15.0 Å². The largest absolute Gasteiger partial charge is 0.478 e. The molecule has 0 bridgehead atoms. The lowest BCUT2D eigenvalue weighted by Crippen LogP contribution is -2.04. The van der Waals surface area contributed by atoms with Gasteiger partial charge >= 0.3 is 0 Å². The molecule has 0 fully saturated rings. The highest BCUT2D eigenvalue weighted by atomic mass is 16.5. The Balaban J connectivity index is 1.38. The van der Waals surface area contributed by atoms with E-state index in [0.29, 0.717) is 18.8 Å². The van der Waals surface area contributed by atoms with Crippen LogP contribution in [-0.4, -0.2) is 33.5 Å². The molecule has 7 nitrogen and oxygen atoms in total. The lowest BCUT2D eigenvalue weighted by molar-refractivity contribution is 0.318. The zero-order chi connectivity index (χ0) is 22.8. The number of aliphatic imine (C=N–C) groups is 1. The van der Waals surface area contributed by atoms with E-state index in [2.05, 4.69) is 44.3 Å². The summed E-state index contributed by atoms with van der Waals surface area (Å²) in [5.41, 5.74) is 4.87. The first-order valence-electron chi connectivity index (χ1n) is 10.9. The van der Waals surface area contributed by atoms with Crippen LogP contribution < -0.4 is 10.1 Å². The monoisotopic (exact) mass is 439 g/mol. The molecule has 0 radical (unpaired) electrons. The van der Waals surface area contributed by atoms with Gasteiger partial charge in [-0.2, -0.15) is 0 Å². The summed E-state index contributed by atoms with van der Waals surface area (Å²) in [6, 6.07) is 16.2. The van der Waals surface area contributed by atoms with Crippen molar-refractivity contribution in [3.8, 4) is 11.5 Å². The molecule has 2 aromatic heterocycles. The molecular weight excluding hydrogens is 414 g/mol. The second-order valence-corrected chi connectivity index (χ2v) is 8.28. The van der Waals surface area contributed by atoms with Crippen LogP contribution in [0.1, 0.15) is 23.7 Å². The maximum absolute atomic E-state index is 5.99. The van der Waals surface area contributed by atoms with Crippen LogP contribution in [0.25, 0.3) is 10.9 Å². The second-order valence-electron chi connectivity index (χ2n) is 8.28. The number of ether oxygens (including phenoxy) is 2. The average Bonchev–Trinajstić information content (AvgIpc) is 3.22. The van der Waals surface area contributed by atoms with Gasteiger partial charge in [0.1, 0.15) is 30.3 Å². The van der Waals surface area contributed by atoms with E-state index < -0.39 is 0 Å². The Hall–Kier alpha value is -4.00. The molecule has 0 saturated carbocycles. The maximum atomic E-state index is 5.99. The van der Waals surface area contributed by atoms with Gasteiger partial charge in [0.15, 0.2) is 5.90 Å². The van der Waals surface area contributed by atoms with Crippen molar-refractivity contribution in [2.75, 3.05) is 11.9 Å². The number of aryl methyl sites for hydroxylation is 2. The molecule has 1 N–H and O–H groups in total. The Bertz CT molecular complexity index is 1330. The van der Waals surface area contributed by atoms with Crippen LogP contribution in [-0.2, 0) is 11.2 Å². The van der Waals surface area contributed by atoms with Crippen molar-refractivity contribution < 1.29 is 9.47 Å². The van der Waals surface area contributed by atoms with E-state index in [1.807, 2.05) is 50.2 Å². The highest BCUT2D eigenvalue weighted by molar-refractivity contribution is 5.92. The molecular formula is C26H25N5O2. The fourth-order valence-electron chi connectivity index (χ4n) is 3.74. The molecule has 4 aromatic rings. The van der Waals surface area contributed by atoms with E-state index >= 15 is 0 Å². The van der Waals surface area contributed by atoms with Gasteiger partial charge in [0.05, 0.1) is 17.8 Å². The first-order valence-corrected chi connectivity index (χ1v) is 10.9. The Labute approximate surface area is 192 Å². The lowest BCUT2D eigenvalue weighted by atomic mass is 10.1. The first-order chi connectivity index (χ1) is 16.0. The number of fused-ring (bicyclic) bond motifs is 1. The van der Waals surface area contributed by atoms with Gasteiger partial charge in [0, 0.05) is 23.2 Å². The highest BCUT2D eigenvalue weighted by Gasteiger charge is 2.15. The van der Waals surface area contributed by atoms with E-state index in [1.165, 1.54) is 0 Å². The van der Waals surface area contributed by atoms with E-state index in [9.17, 15) is 0 Å². The van der Waals surface area contributed by atoms with Gasteiger partial charge in [-0.1, -0.05) is 6.07 Å². The third-order valence-corrected chi connectivity index (χ3v) is 5.46. The van der Waals surface area contributed by atoms with Crippen molar-refractivity contribution in [3.63, 3.8) is 0 Å². The Morgan fingerprint density at radius 1 is 1.03 bits per heavy atom. The van der Waals surface area contributed by atoms with Crippen LogP contribution in [0.15, 0.2) is 66.0 Å². The quantitative estimate of drug-likeness (QED) is 0.425. The summed E-state index contributed by atoms with van der Waals surface area (Å²) in [4.78, 5) is 17.7. The first kappa shape index (κ1) is 20.9. The van der Waals surface area contributed by atoms with Crippen LogP contribution in [0.4, 0.5) is 11.5 Å². The number of aromatic nitrogens is 3. The maximum Gasteiger partial charge on any atom is 0.188 e. The average molecular weight is 440 g/mol. The number of benzene rings is 2. The number of hydrogen-bond donors (Lipinski definition) is 1. The SMILES string of the molecule is Cc1ccc(Oc2ccc(Nc3ncnc4ccc(CC5=N[C@H](C)CO5)cc34)cc2C)cn1. The number of nitrogens with zero attached hydrogens (tertiary/aromatic N) is 4. The molecule has 7 heteroatoms. The van der Waals surface area contributed by atoms with Crippen LogP contribution in [0.2, 0.25) is 0 Å². The van der Waals surface area contributed by atoms with E-state index in [1.54, 1.807) is 12.5 Å². The highest BCUT2D eigenvalue weighted by Crippen LogP contribution is 2.30. The Kier molecular flexibility index (Phi) is 5.60. The molecule has 2 aromatic carbocycles. The lowest BCUT2D eigenvalue weighted by Gasteiger charge is -2.13. The van der Waals surface area contributed by atoms with Crippen molar-refractivity contribution in [2.45, 2.75) is 33.2 Å². The summed E-state index contributed by atoms with van der Waals surface area (Å²) in [5, 5.41) is 4.38. The van der Waals surface area contributed by atoms with E-state index in [-0.39, 0.29) is 6.04 Å². The molecule has 1 atom stereocenters. The van der Waals surface area contributed by atoms with E-state index in [4.69, 9.17) is 9.47 Å². The van der Waals surface area contributed by atoms with Crippen LogP contribution in [0.5, 0.6) is 11.5 Å². The zero-order valence-electron chi connectivity index (χ0n) is 18.9. The number of pyridine rings is 1. The predicted molar refractivity (Wildman–Crippen MR) is 130 cm³/mol. The standard InChI is InChI=1S/C26H25N5O2/c1-16-10-20(6-9-24(16)33-21-7-4-17(2)27-13-21)31-26-22-11-19(5-8-23(22)28-15-29-26)12-25-30-18(3)14-32-25/h4-11,13,15,18H,12,14H2,1-3H3,(H,28,29,31)/t18-/m1/s1. The molecule has 0 saturated heterocycles. The second kappa shape index (κ2) is 8.86. The van der Waals surface area contributed by atoms with Gasteiger partial charge in [0.25, 0.3) is 0 Å². The summed E-state index contributed by atoms with van der Waals surface area (Å²) >= 11 is 0. The number of anilines is 2. The smallest absolute Gasteiger partial charge is 0.188 e. The zero-order valence-corrected chi connectivity index (χ0v) is 18.9. The summed E-state index contributed by atoms with van der Waals surface area (Å²) in [6.45, 7) is 6.67. The van der Waals surface area contributed by atoms with Gasteiger partial charge in [-0.3, -0.25) is 4.98 Å². The Morgan fingerprint density at radius 3 is 2.70 bits per heavy atom. The van der Waals surface area contributed by atoms with Gasteiger partial charge in [0.2, 0.25) is 0 Å². The molecule has 3 heterocycles. The molecule has 166 valence electrons. The van der Waals surface area contributed by atoms with Gasteiger partial charge < -0.3 is 14.8 Å². The molecule has 0 amide bonds. The topological polar surface area (TPSA) is 81.5 Å².